The Labute approximate surface area is 185 Å². The number of rotatable bonds is 5. The Bertz CT molecular complexity index is 912. The van der Waals surface area contributed by atoms with Gasteiger partial charge in [-0.25, -0.2) is 0 Å². The minimum Gasteiger partial charge on any atom is -0.493 e. The summed E-state index contributed by atoms with van der Waals surface area (Å²) in [5, 5.41) is 0. The molecular weight excluding hydrogens is 388 g/mol. The topological polar surface area (TPSA) is 49.9 Å². The number of benzene rings is 2. The molecule has 0 radical (unpaired) electrons. The molecule has 1 unspecified atom stereocenters. The Balaban J connectivity index is 1.31. The molecule has 2 aromatic rings. The van der Waals surface area contributed by atoms with Crippen molar-refractivity contribution in [3.63, 3.8) is 0 Å². The van der Waals surface area contributed by atoms with Gasteiger partial charge in [0.25, 0.3) is 11.8 Å². The zero-order chi connectivity index (χ0) is 21.8. The third kappa shape index (κ3) is 5.27. The van der Waals surface area contributed by atoms with Crippen molar-refractivity contribution < 1.29 is 14.3 Å². The van der Waals surface area contributed by atoms with Crippen molar-refractivity contribution in [2.45, 2.75) is 39.5 Å². The van der Waals surface area contributed by atoms with Crippen LogP contribution in [0.25, 0.3) is 0 Å². The summed E-state index contributed by atoms with van der Waals surface area (Å²) in [4.78, 5) is 29.3. The maximum Gasteiger partial charge on any atom is 0.253 e. The number of aryl methyl sites for hydroxylation is 2. The summed E-state index contributed by atoms with van der Waals surface area (Å²) in [6.07, 6.45) is 4.24. The quantitative estimate of drug-likeness (QED) is 0.717. The molecule has 164 valence electrons. The van der Waals surface area contributed by atoms with E-state index in [1.54, 1.807) is 0 Å². The number of piperidine rings is 1. The molecule has 0 N–H and O–H groups in total. The lowest BCUT2D eigenvalue weighted by Gasteiger charge is -2.33. The van der Waals surface area contributed by atoms with Crippen LogP contribution in [0.2, 0.25) is 0 Å². The largest absolute Gasteiger partial charge is 0.493 e. The molecule has 1 atom stereocenters. The number of hydrogen-bond acceptors (Lipinski definition) is 3. The highest BCUT2D eigenvalue weighted by atomic mass is 16.5. The van der Waals surface area contributed by atoms with E-state index in [9.17, 15) is 9.59 Å². The normalized spacial score (nSPS) is 18.8. The molecule has 2 aliphatic rings. The molecule has 4 rings (SSSR count). The Kier molecular flexibility index (Phi) is 6.59. The lowest BCUT2D eigenvalue weighted by molar-refractivity contribution is 0.0633. The number of ether oxygens (including phenoxy) is 1. The number of amides is 2. The standard InChI is InChI=1S/C26H32N2O3/c1-19-14-20(2)16-23(15-19)26(30)28-13-5-6-21(17-28)18-31-24-9-7-22(8-10-24)25(29)27-11-3-4-12-27/h7-10,14-16,21H,3-6,11-13,17-18H2,1-2H3. The first-order valence-corrected chi connectivity index (χ1v) is 11.4. The Morgan fingerprint density at radius 1 is 0.839 bits per heavy atom. The maximum atomic E-state index is 13.0. The third-order valence-electron chi connectivity index (χ3n) is 6.26. The van der Waals surface area contributed by atoms with E-state index in [1.165, 1.54) is 0 Å². The summed E-state index contributed by atoms with van der Waals surface area (Å²) < 4.78 is 6.01. The lowest BCUT2D eigenvalue weighted by atomic mass is 9.97. The van der Waals surface area contributed by atoms with Crippen LogP contribution in [-0.2, 0) is 0 Å². The first kappa shape index (κ1) is 21.4. The summed E-state index contributed by atoms with van der Waals surface area (Å²) in [5.74, 6) is 1.31. The van der Waals surface area contributed by atoms with E-state index < -0.39 is 0 Å². The van der Waals surface area contributed by atoms with Crippen molar-refractivity contribution in [1.29, 1.82) is 0 Å². The smallest absolute Gasteiger partial charge is 0.253 e. The number of nitrogens with zero attached hydrogens (tertiary/aromatic N) is 2. The van der Waals surface area contributed by atoms with Crippen molar-refractivity contribution >= 4 is 11.8 Å². The van der Waals surface area contributed by atoms with Crippen molar-refractivity contribution in [2.75, 3.05) is 32.8 Å². The predicted octanol–water partition coefficient (Wildman–Crippen LogP) is 4.47. The van der Waals surface area contributed by atoms with Gasteiger partial charge in [0.05, 0.1) is 6.61 Å². The Hall–Kier alpha value is -2.82. The minimum absolute atomic E-state index is 0.108. The molecule has 2 fully saturated rings. The fourth-order valence-corrected chi connectivity index (χ4v) is 4.68. The molecular formula is C26H32N2O3. The van der Waals surface area contributed by atoms with Crippen LogP contribution in [0.15, 0.2) is 42.5 Å². The second kappa shape index (κ2) is 9.54. The Morgan fingerprint density at radius 3 is 2.13 bits per heavy atom. The molecule has 0 spiro atoms. The molecule has 31 heavy (non-hydrogen) atoms. The fourth-order valence-electron chi connectivity index (χ4n) is 4.68. The monoisotopic (exact) mass is 420 g/mol. The van der Waals surface area contributed by atoms with Gasteiger partial charge in [-0.1, -0.05) is 17.2 Å². The summed E-state index contributed by atoms with van der Waals surface area (Å²) in [5.41, 5.74) is 3.73. The first-order chi connectivity index (χ1) is 15.0. The average molecular weight is 421 g/mol. The number of carbonyl (C=O) groups is 2. The van der Waals surface area contributed by atoms with Gasteiger partial charge in [0, 0.05) is 43.2 Å². The van der Waals surface area contributed by atoms with Crippen LogP contribution in [0.1, 0.15) is 57.5 Å². The molecule has 2 saturated heterocycles. The lowest BCUT2D eigenvalue weighted by Crippen LogP contribution is -2.41. The van der Waals surface area contributed by atoms with Gasteiger partial charge in [0.1, 0.15) is 5.75 Å². The van der Waals surface area contributed by atoms with Gasteiger partial charge < -0.3 is 14.5 Å². The molecule has 2 heterocycles. The molecule has 5 nitrogen and oxygen atoms in total. The second-order valence-electron chi connectivity index (χ2n) is 8.97. The first-order valence-electron chi connectivity index (χ1n) is 11.4. The SMILES string of the molecule is Cc1cc(C)cc(C(=O)N2CCCC(COc3ccc(C(=O)N4CCCC4)cc3)C2)c1. The number of hydrogen-bond donors (Lipinski definition) is 0. The molecule has 0 aliphatic carbocycles. The predicted molar refractivity (Wildman–Crippen MR) is 122 cm³/mol. The van der Waals surface area contributed by atoms with Crippen LogP contribution in [0.3, 0.4) is 0 Å². The van der Waals surface area contributed by atoms with E-state index in [0.29, 0.717) is 12.5 Å². The zero-order valence-electron chi connectivity index (χ0n) is 18.6. The van der Waals surface area contributed by atoms with E-state index in [1.807, 2.05) is 60.0 Å². The minimum atomic E-state index is 0.108. The van der Waals surface area contributed by atoms with Crippen molar-refractivity contribution in [1.82, 2.24) is 9.80 Å². The average Bonchev–Trinajstić information content (AvgIpc) is 3.31. The molecule has 5 heteroatoms. The van der Waals surface area contributed by atoms with Crippen LogP contribution in [0.5, 0.6) is 5.75 Å². The maximum absolute atomic E-state index is 13.0. The number of carbonyl (C=O) groups excluding carboxylic acids is 2. The van der Waals surface area contributed by atoms with Gasteiger partial charge in [-0.2, -0.15) is 0 Å². The van der Waals surface area contributed by atoms with Gasteiger partial charge >= 0.3 is 0 Å². The summed E-state index contributed by atoms with van der Waals surface area (Å²) in [6, 6.07) is 13.5. The van der Waals surface area contributed by atoms with E-state index in [0.717, 1.165) is 79.9 Å². The van der Waals surface area contributed by atoms with Crippen LogP contribution < -0.4 is 4.74 Å². The highest BCUT2D eigenvalue weighted by molar-refractivity contribution is 5.95. The van der Waals surface area contributed by atoms with Crippen LogP contribution >= 0.6 is 0 Å². The van der Waals surface area contributed by atoms with Crippen LogP contribution in [-0.4, -0.2) is 54.4 Å². The number of likely N-dealkylation sites (tertiary alicyclic amines) is 2. The summed E-state index contributed by atoms with van der Waals surface area (Å²) >= 11 is 0. The third-order valence-corrected chi connectivity index (χ3v) is 6.26. The van der Waals surface area contributed by atoms with Crippen molar-refractivity contribution in [2.24, 2.45) is 5.92 Å². The highest BCUT2D eigenvalue weighted by Crippen LogP contribution is 2.22. The summed E-state index contributed by atoms with van der Waals surface area (Å²) in [6.45, 7) is 7.87. The van der Waals surface area contributed by atoms with Gasteiger partial charge in [-0.15, -0.1) is 0 Å². The molecule has 0 aromatic heterocycles. The fraction of sp³-hybridized carbons (Fsp3) is 0.462. The molecule has 2 aliphatic heterocycles. The molecule has 0 bridgehead atoms. The van der Waals surface area contributed by atoms with Crippen LogP contribution in [0, 0.1) is 19.8 Å². The second-order valence-corrected chi connectivity index (χ2v) is 8.97. The van der Waals surface area contributed by atoms with Gasteiger partial charge in [-0.05, 0) is 75.9 Å². The van der Waals surface area contributed by atoms with Crippen LogP contribution in [0.4, 0.5) is 0 Å². The molecule has 2 aromatic carbocycles. The zero-order valence-corrected chi connectivity index (χ0v) is 18.6. The molecule has 2 amide bonds. The van der Waals surface area contributed by atoms with E-state index in [2.05, 4.69) is 6.07 Å². The van der Waals surface area contributed by atoms with Gasteiger partial charge in [0.15, 0.2) is 0 Å². The van der Waals surface area contributed by atoms with Gasteiger partial charge in [0.2, 0.25) is 0 Å². The van der Waals surface area contributed by atoms with Crippen molar-refractivity contribution in [3.05, 3.63) is 64.7 Å². The van der Waals surface area contributed by atoms with E-state index in [4.69, 9.17) is 4.74 Å². The summed E-state index contributed by atoms with van der Waals surface area (Å²) in [7, 11) is 0. The van der Waals surface area contributed by atoms with Crippen molar-refractivity contribution in [3.8, 4) is 5.75 Å². The highest BCUT2D eigenvalue weighted by Gasteiger charge is 2.25. The van der Waals surface area contributed by atoms with E-state index in [-0.39, 0.29) is 11.8 Å². The van der Waals surface area contributed by atoms with Gasteiger partial charge in [-0.3, -0.25) is 9.59 Å². The van der Waals surface area contributed by atoms with E-state index >= 15 is 0 Å². The molecule has 0 saturated carbocycles. The Morgan fingerprint density at radius 2 is 1.45 bits per heavy atom.